The van der Waals surface area contributed by atoms with Crippen molar-refractivity contribution in [1.29, 1.82) is 0 Å². The minimum atomic E-state index is 0.167. The Bertz CT molecular complexity index is 587. The number of anilines is 1. The zero-order chi connectivity index (χ0) is 17.6. The normalized spacial score (nSPS) is 21.3. The van der Waals surface area contributed by atoms with E-state index in [1.807, 2.05) is 17.0 Å². The molecule has 25 heavy (non-hydrogen) atoms. The number of benzene rings is 1. The van der Waals surface area contributed by atoms with Gasteiger partial charge >= 0.3 is 0 Å². The number of amides is 1. The van der Waals surface area contributed by atoms with Crippen LogP contribution in [0.2, 0.25) is 0 Å². The molecule has 1 unspecified atom stereocenters. The lowest BCUT2D eigenvalue weighted by Crippen LogP contribution is -2.27. The van der Waals surface area contributed by atoms with E-state index in [9.17, 15) is 4.79 Å². The molecule has 0 aromatic heterocycles. The fourth-order valence-electron chi connectivity index (χ4n) is 3.84. The number of carbonyl (C=O) groups is 1. The van der Waals surface area contributed by atoms with Crippen LogP contribution in [0.15, 0.2) is 18.2 Å². The van der Waals surface area contributed by atoms with Crippen molar-refractivity contribution >= 4 is 27.5 Å². The van der Waals surface area contributed by atoms with Gasteiger partial charge in [0.2, 0.25) is 5.91 Å². The first-order valence-electron chi connectivity index (χ1n) is 9.58. The van der Waals surface area contributed by atoms with E-state index in [-0.39, 0.29) is 11.8 Å². The van der Waals surface area contributed by atoms with Crippen LogP contribution in [0.1, 0.15) is 38.2 Å². The Labute approximate surface area is 159 Å². The predicted molar refractivity (Wildman–Crippen MR) is 106 cm³/mol. The summed E-state index contributed by atoms with van der Waals surface area (Å²) in [5.74, 6) is 1.40. The molecule has 0 N–H and O–H groups in total. The molecular weight excluding hydrogens is 380 g/mol. The average Bonchev–Trinajstić information content (AvgIpc) is 3.26. The molecule has 2 fully saturated rings. The number of likely N-dealkylation sites (tertiary alicyclic amines) is 1. The Morgan fingerprint density at radius 2 is 2.04 bits per heavy atom. The molecule has 4 nitrogen and oxygen atoms in total. The van der Waals surface area contributed by atoms with E-state index in [0.717, 1.165) is 55.7 Å². The number of ether oxygens (including phenoxy) is 1. The third kappa shape index (κ3) is 4.56. The van der Waals surface area contributed by atoms with Crippen molar-refractivity contribution < 1.29 is 9.53 Å². The summed E-state index contributed by atoms with van der Waals surface area (Å²) in [7, 11) is 0. The second-order valence-electron chi connectivity index (χ2n) is 7.00. The zero-order valence-electron chi connectivity index (χ0n) is 15.2. The van der Waals surface area contributed by atoms with Gasteiger partial charge in [0.1, 0.15) is 12.4 Å². The molecule has 0 radical (unpaired) electrons. The van der Waals surface area contributed by atoms with Crippen LogP contribution in [0.3, 0.4) is 0 Å². The monoisotopic (exact) mass is 408 g/mol. The minimum Gasteiger partial charge on any atom is -0.492 e. The maximum Gasteiger partial charge on any atom is 0.230 e. The van der Waals surface area contributed by atoms with Crippen LogP contribution in [0.4, 0.5) is 5.69 Å². The Hall–Kier alpha value is -1.07. The van der Waals surface area contributed by atoms with Crippen LogP contribution in [-0.4, -0.2) is 48.9 Å². The molecule has 2 saturated heterocycles. The van der Waals surface area contributed by atoms with Crippen molar-refractivity contribution in [3.05, 3.63) is 23.8 Å². The quantitative estimate of drug-likeness (QED) is 0.612. The van der Waals surface area contributed by atoms with Crippen molar-refractivity contribution in [2.24, 2.45) is 5.92 Å². The van der Waals surface area contributed by atoms with Crippen molar-refractivity contribution in [3.8, 4) is 5.75 Å². The molecule has 0 bridgehead atoms. The topological polar surface area (TPSA) is 32.8 Å². The number of halogens is 1. The Kier molecular flexibility index (Phi) is 6.77. The summed E-state index contributed by atoms with van der Waals surface area (Å²) in [6, 6.07) is 6.22. The molecule has 2 heterocycles. The molecule has 1 atom stereocenters. The van der Waals surface area contributed by atoms with Gasteiger partial charge in [-0.3, -0.25) is 9.69 Å². The van der Waals surface area contributed by atoms with E-state index < -0.39 is 0 Å². The van der Waals surface area contributed by atoms with E-state index in [1.54, 1.807) is 0 Å². The number of carbonyl (C=O) groups excluding carboxylic acids is 1. The molecule has 3 rings (SSSR count). The first-order chi connectivity index (χ1) is 12.2. The second-order valence-corrected chi connectivity index (χ2v) is 7.79. The fraction of sp³-hybridized carbons (Fsp3) is 0.650. The maximum absolute atomic E-state index is 12.6. The van der Waals surface area contributed by atoms with Crippen LogP contribution in [0.5, 0.6) is 5.75 Å². The Balaban J connectivity index is 1.62. The fourth-order valence-corrected chi connectivity index (χ4v) is 4.39. The molecular formula is C20H29BrN2O2. The minimum absolute atomic E-state index is 0.167. The summed E-state index contributed by atoms with van der Waals surface area (Å²) in [6.45, 7) is 7.12. The van der Waals surface area contributed by atoms with Crippen molar-refractivity contribution in [2.75, 3.05) is 43.0 Å². The van der Waals surface area contributed by atoms with Gasteiger partial charge in [-0.05, 0) is 69.0 Å². The number of nitrogens with zero attached hydrogens (tertiary/aromatic N) is 2. The number of hydrogen-bond donors (Lipinski definition) is 0. The first-order valence-corrected chi connectivity index (χ1v) is 10.7. The van der Waals surface area contributed by atoms with Gasteiger partial charge < -0.3 is 9.64 Å². The molecule has 5 heteroatoms. The van der Waals surface area contributed by atoms with Crippen LogP contribution in [0.25, 0.3) is 0 Å². The summed E-state index contributed by atoms with van der Waals surface area (Å²) in [4.78, 5) is 17.0. The molecule has 0 saturated carbocycles. The van der Waals surface area contributed by atoms with Crippen LogP contribution >= 0.6 is 15.9 Å². The Morgan fingerprint density at radius 3 is 2.76 bits per heavy atom. The highest BCUT2D eigenvalue weighted by Gasteiger charge is 2.32. The van der Waals surface area contributed by atoms with Gasteiger partial charge in [-0.15, -0.1) is 0 Å². The average molecular weight is 409 g/mol. The van der Waals surface area contributed by atoms with Crippen molar-refractivity contribution in [1.82, 2.24) is 4.90 Å². The molecule has 1 amide bonds. The lowest BCUT2D eigenvalue weighted by Gasteiger charge is -2.20. The van der Waals surface area contributed by atoms with E-state index in [4.69, 9.17) is 4.74 Å². The molecule has 0 spiro atoms. The lowest BCUT2D eigenvalue weighted by atomic mass is 10.1. The van der Waals surface area contributed by atoms with Crippen LogP contribution < -0.4 is 9.64 Å². The van der Waals surface area contributed by atoms with Gasteiger partial charge in [-0.25, -0.2) is 0 Å². The summed E-state index contributed by atoms with van der Waals surface area (Å²) >= 11 is 3.45. The maximum atomic E-state index is 12.6. The third-order valence-corrected chi connectivity index (χ3v) is 5.83. The second kappa shape index (κ2) is 9.04. The molecule has 1 aromatic carbocycles. The summed E-state index contributed by atoms with van der Waals surface area (Å²) in [5, 5.41) is 0.890. The van der Waals surface area contributed by atoms with Crippen LogP contribution in [0, 0.1) is 5.92 Å². The largest absolute Gasteiger partial charge is 0.492 e. The van der Waals surface area contributed by atoms with E-state index >= 15 is 0 Å². The van der Waals surface area contributed by atoms with E-state index in [2.05, 4.69) is 33.8 Å². The number of hydrogen-bond acceptors (Lipinski definition) is 3. The van der Waals surface area contributed by atoms with Crippen molar-refractivity contribution in [3.63, 3.8) is 0 Å². The lowest BCUT2D eigenvalue weighted by molar-refractivity contribution is -0.120. The van der Waals surface area contributed by atoms with Gasteiger partial charge in [-0.2, -0.15) is 0 Å². The van der Waals surface area contributed by atoms with Gasteiger partial charge in [0.25, 0.3) is 0 Å². The zero-order valence-corrected chi connectivity index (χ0v) is 16.8. The highest BCUT2D eigenvalue weighted by molar-refractivity contribution is 9.09. The molecule has 0 aliphatic carbocycles. The number of aryl methyl sites for hydroxylation is 1. The highest BCUT2D eigenvalue weighted by atomic mass is 79.9. The van der Waals surface area contributed by atoms with E-state index in [1.165, 1.54) is 31.5 Å². The van der Waals surface area contributed by atoms with Gasteiger partial charge in [0, 0.05) is 30.0 Å². The molecule has 2 aliphatic heterocycles. The Morgan fingerprint density at radius 1 is 1.24 bits per heavy atom. The summed E-state index contributed by atoms with van der Waals surface area (Å²) < 4.78 is 6.04. The summed E-state index contributed by atoms with van der Waals surface area (Å²) in [6.07, 6.45) is 5.43. The van der Waals surface area contributed by atoms with Crippen molar-refractivity contribution in [2.45, 2.75) is 39.0 Å². The third-order valence-electron chi connectivity index (χ3n) is 5.37. The SMILES string of the molecule is CCc1cc(N2CCC(CCBr)C2=O)ccc1OCCN1CCCC1. The number of alkyl halides is 1. The summed E-state index contributed by atoms with van der Waals surface area (Å²) in [5.41, 5.74) is 2.21. The van der Waals surface area contributed by atoms with Gasteiger partial charge in [0.05, 0.1) is 0 Å². The van der Waals surface area contributed by atoms with Gasteiger partial charge in [-0.1, -0.05) is 22.9 Å². The molecule has 1 aromatic rings. The molecule has 2 aliphatic rings. The smallest absolute Gasteiger partial charge is 0.230 e. The van der Waals surface area contributed by atoms with E-state index in [0.29, 0.717) is 0 Å². The molecule has 138 valence electrons. The highest BCUT2D eigenvalue weighted by Crippen LogP contribution is 2.31. The first kappa shape index (κ1) is 18.7. The van der Waals surface area contributed by atoms with Crippen LogP contribution in [-0.2, 0) is 11.2 Å². The standard InChI is InChI=1S/C20H29BrN2O2/c1-2-16-15-18(23-12-8-17(7-9-21)20(23)24)5-6-19(16)25-14-13-22-10-3-4-11-22/h5-6,15,17H,2-4,7-14H2,1H3. The predicted octanol–water partition coefficient (Wildman–Crippen LogP) is 3.86. The van der Waals surface area contributed by atoms with Gasteiger partial charge in [0.15, 0.2) is 0 Å². The number of rotatable bonds is 8.